The summed E-state index contributed by atoms with van der Waals surface area (Å²) in [5, 5.41) is 13.5. The van der Waals surface area contributed by atoms with E-state index in [1.165, 1.54) is 0 Å². The van der Waals surface area contributed by atoms with Crippen molar-refractivity contribution in [1.29, 1.82) is 0 Å². The molecule has 2 heterocycles. The number of guanidine groups is 1. The number of carbonyl (C=O) groups is 1. The van der Waals surface area contributed by atoms with Crippen LogP contribution < -0.4 is 16.0 Å². The molecule has 1 aliphatic heterocycles. The minimum atomic E-state index is -0.0297. The lowest BCUT2D eigenvalue weighted by atomic mass is 10.1. The molecule has 164 valence electrons. The maximum absolute atomic E-state index is 12.3. The number of likely N-dealkylation sites (tertiary alicyclic amines) is 1. The summed E-state index contributed by atoms with van der Waals surface area (Å²) in [4.78, 5) is 18.3. The van der Waals surface area contributed by atoms with Gasteiger partial charge >= 0.3 is 6.03 Å². The molecule has 0 saturated carbocycles. The lowest BCUT2D eigenvalue weighted by Gasteiger charge is -2.17. The smallest absolute Gasteiger partial charge is 0.321 e. The Bertz CT molecular complexity index is 846. The number of hydrogen-bond acceptors (Lipinski definition) is 4. The Kier molecular flexibility index (Phi) is 9.41. The second-order valence-electron chi connectivity index (χ2n) is 7.48. The van der Waals surface area contributed by atoms with Gasteiger partial charge in [0.25, 0.3) is 0 Å². The molecule has 1 saturated heterocycles. The molecule has 0 aliphatic carbocycles. The van der Waals surface area contributed by atoms with Crippen LogP contribution >= 0.6 is 24.0 Å². The number of rotatable bonds is 6. The number of urea groups is 1. The number of benzene rings is 1. The number of carbonyl (C=O) groups excluding carboxylic acids is 1. The van der Waals surface area contributed by atoms with Crippen molar-refractivity contribution in [3.63, 3.8) is 0 Å². The molecule has 1 aromatic heterocycles. The van der Waals surface area contributed by atoms with E-state index in [9.17, 15) is 4.79 Å². The van der Waals surface area contributed by atoms with Crippen LogP contribution in [0.25, 0.3) is 0 Å². The normalized spacial score (nSPS) is 13.9. The molecule has 9 heteroatoms. The Morgan fingerprint density at radius 1 is 1.20 bits per heavy atom. The quantitative estimate of drug-likeness (QED) is 0.302. The number of anilines is 1. The van der Waals surface area contributed by atoms with Gasteiger partial charge in [-0.25, -0.2) is 4.79 Å². The first-order valence-electron chi connectivity index (χ1n) is 10.1. The number of halogens is 1. The lowest BCUT2D eigenvalue weighted by Crippen LogP contribution is -2.36. The van der Waals surface area contributed by atoms with Crippen molar-refractivity contribution >= 4 is 41.7 Å². The lowest BCUT2D eigenvalue weighted by molar-refractivity contribution is 0.222. The molecule has 8 nitrogen and oxygen atoms in total. The van der Waals surface area contributed by atoms with Gasteiger partial charge in [0.1, 0.15) is 0 Å². The molecule has 1 fully saturated rings. The first-order chi connectivity index (χ1) is 14.0. The van der Waals surface area contributed by atoms with E-state index in [4.69, 9.17) is 4.52 Å². The highest BCUT2D eigenvalue weighted by Crippen LogP contribution is 2.15. The Balaban J connectivity index is 0.00000320. The van der Waals surface area contributed by atoms with E-state index in [2.05, 4.69) is 39.9 Å². The Morgan fingerprint density at radius 3 is 2.60 bits per heavy atom. The van der Waals surface area contributed by atoms with Crippen LogP contribution in [-0.4, -0.2) is 42.2 Å². The predicted octanol–water partition coefficient (Wildman–Crippen LogP) is 3.91. The van der Waals surface area contributed by atoms with Gasteiger partial charge < -0.3 is 25.4 Å². The summed E-state index contributed by atoms with van der Waals surface area (Å²) in [6, 6.07) is 9.75. The topological polar surface area (TPSA) is 94.8 Å². The number of amides is 2. The van der Waals surface area contributed by atoms with Gasteiger partial charge in [0.2, 0.25) is 0 Å². The minimum absolute atomic E-state index is 0. The number of nitrogens with one attached hydrogen (secondary N) is 3. The van der Waals surface area contributed by atoms with Crippen LogP contribution in [0.15, 0.2) is 39.8 Å². The van der Waals surface area contributed by atoms with Crippen LogP contribution in [0.2, 0.25) is 0 Å². The summed E-state index contributed by atoms with van der Waals surface area (Å²) in [7, 11) is 1.72. The highest BCUT2D eigenvalue weighted by Gasteiger charge is 2.17. The van der Waals surface area contributed by atoms with Crippen molar-refractivity contribution in [2.45, 2.75) is 45.7 Å². The Labute approximate surface area is 194 Å². The molecular formula is C21H31IN6O2. The Hall–Kier alpha value is -2.30. The van der Waals surface area contributed by atoms with Crippen molar-refractivity contribution < 1.29 is 9.32 Å². The molecule has 0 unspecified atom stereocenters. The molecule has 2 amide bonds. The van der Waals surface area contributed by atoms with Gasteiger partial charge in [0.05, 0.1) is 12.2 Å². The number of hydrogen-bond donors (Lipinski definition) is 3. The summed E-state index contributed by atoms with van der Waals surface area (Å²) in [6.45, 7) is 6.92. The van der Waals surface area contributed by atoms with E-state index in [0.717, 1.165) is 48.6 Å². The second-order valence-corrected chi connectivity index (χ2v) is 7.48. The third kappa shape index (κ3) is 6.89. The average molecular weight is 526 g/mol. The summed E-state index contributed by atoms with van der Waals surface area (Å²) in [6.07, 6.45) is 2.16. The minimum Gasteiger partial charge on any atom is -0.359 e. The van der Waals surface area contributed by atoms with E-state index in [0.29, 0.717) is 25.0 Å². The maximum atomic E-state index is 12.3. The molecular weight excluding hydrogens is 495 g/mol. The molecule has 0 radical (unpaired) electrons. The summed E-state index contributed by atoms with van der Waals surface area (Å²) < 4.78 is 5.34. The van der Waals surface area contributed by atoms with Gasteiger partial charge in [0, 0.05) is 38.4 Å². The molecule has 0 spiro atoms. The van der Waals surface area contributed by atoms with Gasteiger partial charge in [0.15, 0.2) is 11.7 Å². The van der Waals surface area contributed by atoms with E-state index >= 15 is 0 Å². The number of aliphatic imine (C=N–C) groups is 1. The molecule has 0 atom stereocenters. The average Bonchev–Trinajstić information content (AvgIpc) is 3.41. The van der Waals surface area contributed by atoms with Crippen LogP contribution in [0, 0.1) is 0 Å². The van der Waals surface area contributed by atoms with E-state index < -0.39 is 0 Å². The van der Waals surface area contributed by atoms with E-state index in [1.54, 1.807) is 7.05 Å². The molecule has 30 heavy (non-hydrogen) atoms. The standard InChI is InChI=1S/C21H30N6O2.HI/c1-15(2)19-12-18(29-26-19)14-24-20(22-3)23-13-16-7-6-8-17(11-16)25-21(28)27-9-4-5-10-27;/h6-8,11-12,15H,4-5,9-10,13-14H2,1-3H3,(H,25,28)(H2,22,23,24);1H. The largest absolute Gasteiger partial charge is 0.359 e. The van der Waals surface area contributed by atoms with Gasteiger partial charge in [-0.2, -0.15) is 0 Å². The summed E-state index contributed by atoms with van der Waals surface area (Å²) in [5.41, 5.74) is 2.79. The van der Waals surface area contributed by atoms with Crippen molar-refractivity contribution in [3.8, 4) is 0 Å². The summed E-state index contributed by atoms with van der Waals surface area (Å²) in [5.74, 6) is 1.77. The fourth-order valence-electron chi connectivity index (χ4n) is 3.14. The third-order valence-electron chi connectivity index (χ3n) is 4.85. The molecule has 3 N–H and O–H groups in total. The van der Waals surface area contributed by atoms with Crippen LogP contribution in [0.4, 0.5) is 10.5 Å². The predicted molar refractivity (Wildman–Crippen MR) is 129 cm³/mol. The first kappa shape index (κ1) is 24.0. The maximum Gasteiger partial charge on any atom is 0.321 e. The fraction of sp³-hybridized carbons (Fsp3) is 0.476. The van der Waals surface area contributed by atoms with Crippen LogP contribution in [0.3, 0.4) is 0 Å². The molecule has 3 rings (SSSR count). The van der Waals surface area contributed by atoms with Crippen molar-refractivity contribution in [1.82, 2.24) is 20.7 Å². The van der Waals surface area contributed by atoms with Crippen LogP contribution in [0.1, 0.15) is 49.6 Å². The zero-order valence-corrected chi connectivity index (χ0v) is 20.1. The molecule has 1 aliphatic rings. The monoisotopic (exact) mass is 526 g/mol. The van der Waals surface area contributed by atoms with Gasteiger partial charge in [-0.05, 0) is 36.5 Å². The fourth-order valence-corrected chi connectivity index (χ4v) is 3.14. The van der Waals surface area contributed by atoms with Gasteiger partial charge in [-0.3, -0.25) is 4.99 Å². The van der Waals surface area contributed by atoms with Crippen molar-refractivity contribution in [2.75, 3.05) is 25.5 Å². The molecule has 0 bridgehead atoms. The van der Waals surface area contributed by atoms with E-state index in [1.807, 2.05) is 35.2 Å². The third-order valence-corrected chi connectivity index (χ3v) is 4.85. The molecule has 1 aromatic carbocycles. The van der Waals surface area contributed by atoms with Crippen molar-refractivity contribution in [2.24, 2.45) is 4.99 Å². The van der Waals surface area contributed by atoms with Crippen molar-refractivity contribution in [3.05, 3.63) is 47.3 Å². The second kappa shape index (κ2) is 11.8. The zero-order chi connectivity index (χ0) is 20.6. The molecule has 2 aromatic rings. The number of nitrogens with zero attached hydrogens (tertiary/aromatic N) is 3. The zero-order valence-electron chi connectivity index (χ0n) is 17.8. The van der Waals surface area contributed by atoms with Crippen LogP contribution in [-0.2, 0) is 13.1 Å². The number of aromatic nitrogens is 1. The SMILES string of the molecule is CN=C(NCc1cccc(NC(=O)N2CCCC2)c1)NCc1cc(C(C)C)no1.I. The highest BCUT2D eigenvalue weighted by atomic mass is 127. The van der Waals surface area contributed by atoms with Crippen LogP contribution in [0.5, 0.6) is 0 Å². The summed E-state index contributed by atoms with van der Waals surface area (Å²) >= 11 is 0. The Morgan fingerprint density at radius 2 is 1.93 bits per heavy atom. The van der Waals surface area contributed by atoms with Gasteiger partial charge in [-0.15, -0.1) is 24.0 Å². The van der Waals surface area contributed by atoms with E-state index in [-0.39, 0.29) is 30.0 Å². The van der Waals surface area contributed by atoms with Gasteiger partial charge in [-0.1, -0.05) is 31.1 Å². The highest BCUT2D eigenvalue weighted by molar-refractivity contribution is 14.0. The first-order valence-corrected chi connectivity index (χ1v) is 10.1.